The summed E-state index contributed by atoms with van der Waals surface area (Å²) in [5.41, 5.74) is 15.2. The van der Waals surface area contributed by atoms with Gasteiger partial charge in [-0.05, 0) is 134 Å². The first-order valence-electron chi connectivity index (χ1n) is 22.1. The zero-order valence-electron chi connectivity index (χ0n) is 32.9. The second-order valence-corrected chi connectivity index (χ2v) is 17.9. The third-order valence-corrected chi connectivity index (χ3v) is 14.9. The Kier molecular flexibility index (Phi) is 8.98. The van der Waals surface area contributed by atoms with Gasteiger partial charge in [0.05, 0.1) is 12.1 Å². The van der Waals surface area contributed by atoms with Gasteiger partial charge < -0.3 is 9.80 Å². The van der Waals surface area contributed by atoms with Gasteiger partial charge >= 0.3 is 0 Å². The van der Waals surface area contributed by atoms with Crippen molar-refractivity contribution in [2.45, 2.75) is 101 Å². The van der Waals surface area contributed by atoms with Crippen LogP contribution in [-0.4, -0.2) is 29.1 Å². The molecule has 2 heterocycles. The van der Waals surface area contributed by atoms with E-state index in [9.17, 15) is 0 Å². The SMILES string of the molecule is C1=CCCC(C2=CC(N3c4ccccc4C4=CC(C5C=CC=C(C6C=CC7C(C6)C6C=CCCC6N7C6=CC=C(c7ccccc7)CC6)C5)=CCC43)CCC2)=C1. The lowest BCUT2D eigenvalue weighted by atomic mass is 9.71. The number of anilines is 1. The molecule has 0 aromatic heterocycles. The van der Waals surface area contributed by atoms with Gasteiger partial charge in [-0.2, -0.15) is 0 Å². The number of rotatable bonds is 6. The van der Waals surface area contributed by atoms with E-state index in [1.54, 1.807) is 28.0 Å². The first kappa shape index (κ1) is 34.4. The van der Waals surface area contributed by atoms with Crippen LogP contribution in [0.5, 0.6) is 0 Å². The van der Waals surface area contributed by atoms with E-state index in [0.717, 1.165) is 25.7 Å². The summed E-state index contributed by atoms with van der Waals surface area (Å²) in [4.78, 5) is 5.69. The van der Waals surface area contributed by atoms with Crippen molar-refractivity contribution in [1.82, 2.24) is 4.90 Å². The minimum absolute atomic E-state index is 0.430. The monoisotopic (exact) mass is 732 g/mol. The van der Waals surface area contributed by atoms with E-state index in [1.165, 1.54) is 79.3 Å². The first-order chi connectivity index (χ1) is 27.8. The van der Waals surface area contributed by atoms with Crippen LogP contribution in [0.1, 0.15) is 88.2 Å². The number of para-hydroxylation sites is 1. The Balaban J connectivity index is 0.820. The molecule has 0 bridgehead atoms. The van der Waals surface area contributed by atoms with Gasteiger partial charge in [-0.3, -0.25) is 0 Å². The number of hydrogen-bond acceptors (Lipinski definition) is 2. The molecule has 8 unspecified atom stereocenters. The van der Waals surface area contributed by atoms with Crippen molar-refractivity contribution < 1.29 is 0 Å². The van der Waals surface area contributed by atoms with Crippen molar-refractivity contribution in [3.8, 4) is 0 Å². The van der Waals surface area contributed by atoms with Crippen LogP contribution in [0.2, 0.25) is 0 Å². The highest BCUT2D eigenvalue weighted by molar-refractivity contribution is 5.90. The van der Waals surface area contributed by atoms with Crippen molar-refractivity contribution in [2.24, 2.45) is 23.7 Å². The molecular weight excluding hydrogens is 677 g/mol. The molecule has 2 nitrogen and oxygen atoms in total. The van der Waals surface area contributed by atoms with Crippen LogP contribution in [0.4, 0.5) is 5.69 Å². The summed E-state index contributed by atoms with van der Waals surface area (Å²) in [6, 6.07) is 22.3. The van der Waals surface area contributed by atoms with Gasteiger partial charge in [0.15, 0.2) is 0 Å². The van der Waals surface area contributed by atoms with E-state index in [0.29, 0.717) is 47.8 Å². The quantitative estimate of drug-likeness (QED) is 0.273. The maximum absolute atomic E-state index is 2.88. The molecule has 0 radical (unpaired) electrons. The molecule has 56 heavy (non-hydrogen) atoms. The number of benzene rings is 2. The summed E-state index contributed by atoms with van der Waals surface area (Å²) in [6.45, 7) is 0. The number of likely N-dealkylation sites (tertiary alicyclic amines) is 1. The van der Waals surface area contributed by atoms with Crippen LogP contribution in [0.25, 0.3) is 11.1 Å². The normalized spacial score (nSPS) is 32.9. The summed E-state index contributed by atoms with van der Waals surface area (Å²) < 4.78 is 0. The van der Waals surface area contributed by atoms with Crippen molar-refractivity contribution in [1.29, 1.82) is 0 Å². The first-order valence-corrected chi connectivity index (χ1v) is 22.1. The summed E-state index contributed by atoms with van der Waals surface area (Å²) in [5.74, 6) is 2.30. The highest BCUT2D eigenvalue weighted by Gasteiger charge is 2.50. The molecule has 2 aliphatic heterocycles. The number of allylic oxidation sites excluding steroid dienone is 17. The highest BCUT2D eigenvalue weighted by Crippen LogP contribution is 2.52. The van der Waals surface area contributed by atoms with Gasteiger partial charge in [0.25, 0.3) is 0 Å². The summed E-state index contributed by atoms with van der Waals surface area (Å²) in [7, 11) is 0. The molecule has 11 rings (SSSR count). The third kappa shape index (κ3) is 6.07. The standard InChI is InChI=1S/C54H56N2/c1-3-13-37(14-4-1)39-25-29-45(30-26-39)55-51-23-9-7-21-47(51)49-35-43(27-31-53(49)55)40-17-11-18-41(33-40)44-28-32-54-50(36-44)48-22-8-10-24-52(48)56(54)46-20-12-19-42(34-46)38-15-5-2-6-16-38/h1-5,7-8,10-11,13-15,17-18,21-22,24-25,27-29,31,34,36,41,43,46-47,49,51,53-54H,6,9,12,16,19-20,23,26,30,32-33,35H2. The number of fused-ring (bicyclic) bond motifs is 6. The summed E-state index contributed by atoms with van der Waals surface area (Å²) >= 11 is 0. The predicted octanol–water partition coefficient (Wildman–Crippen LogP) is 12.8. The Morgan fingerprint density at radius 3 is 2.48 bits per heavy atom. The van der Waals surface area contributed by atoms with Crippen LogP contribution in [0.15, 0.2) is 174 Å². The molecule has 0 spiro atoms. The molecule has 8 atom stereocenters. The Morgan fingerprint density at radius 2 is 1.59 bits per heavy atom. The molecule has 0 N–H and O–H groups in total. The van der Waals surface area contributed by atoms with Crippen LogP contribution in [0.3, 0.4) is 0 Å². The molecule has 2 aromatic carbocycles. The van der Waals surface area contributed by atoms with Gasteiger partial charge in [-0.15, -0.1) is 0 Å². The number of hydrogen-bond donors (Lipinski definition) is 0. The fourth-order valence-corrected chi connectivity index (χ4v) is 12.3. The van der Waals surface area contributed by atoms with Gasteiger partial charge in [0, 0.05) is 40.9 Å². The average Bonchev–Trinajstić information content (AvgIpc) is 3.79. The van der Waals surface area contributed by atoms with E-state index in [-0.39, 0.29) is 0 Å². The molecular formula is C54H56N2. The summed E-state index contributed by atoms with van der Waals surface area (Å²) in [5, 5.41) is 0. The maximum atomic E-state index is 2.88. The highest BCUT2D eigenvalue weighted by atomic mass is 15.2. The average molecular weight is 733 g/mol. The van der Waals surface area contributed by atoms with Gasteiger partial charge in [0.1, 0.15) is 0 Å². The fraction of sp³-hybridized carbons (Fsp3) is 0.370. The predicted molar refractivity (Wildman–Crippen MR) is 235 cm³/mol. The molecule has 0 amide bonds. The smallest absolute Gasteiger partial charge is 0.0590 e. The van der Waals surface area contributed by atoms with Crippen molar-refractivity contribution in [2.75, 3.05) is 4.90 Å². The van der Waals surface area contributed by atoms with Gasteiger partial charge in [0.2, 0.25) is 0 Å². The maximum Gasteiger partial charge on any atom is 0.0590 e. The van der Waals surface area contributed by atoms with Crippen molar-refractivity contribution in [3.63, 3.8) is 0 Å². The second-order valence-electron chi connectivity index (χ2n) is 17.9. The Labute approximate surface area is 335 Å². The van der Waals surface area contributed by atoms with Gasteiger partial charge in [-0.1, -0.05) is 139 Å². The van der Waals surface area contributed by atoms with E-state index in [1.807, 2.05) is 0 Å². The lowest BCUT2D eigenvalue weighted by molar-refractivity contribution is 0.237. The fourth-order valence-electron chi connectivity index (χ4n) is 12.3. The molecule has 0 saturated carbocycles. The van der Waals surface area contributed by atoms with Crippen molar-refractivity contribution >= 4 is 16.8 Å². The van der Waals surface area contributed by atoms with Crippen LogP contribution < -0.4 is 4.90 Å². The molecule has 2 heteroatoms. The summed E-state index contributed by atoms with van der Waals surface area (Å²) in [6.07, 6.45) is 51.8. The van der Waals surface area contributed by atoms with E-state index >= 15 is 0 Å². The van der Waals surface area contributed by atoms with Crippen LogP contribution >= 0.6 is 0 Å². The largest absolute Gasteiger partial charge is 0.364 e. The second kappa shape index (κ2) is 14.6. The Morgan fingerprint density at radius 1 is 0.661 bits per heavy atom. The zero-order valence-corrected chi connectivity index (χ0v) is 32.9. The Hall–Kier alpha value is -4.82. The van der Waals surface area contributed by atoms with Gasteiger partial charge in [-0.25, -0.2) is 0 Å². The minimum atomic E-state index is 0.430. The zero-order chi connectivity index (χ0) is 37.0. The van der Waals surface area contributed by atoms with E-state index in [4.69, 9.17) is 0 Å². The molecule has 9 aliphatic rings. The lowest BCUT2D eigenvalue weighted by Crippen LogP contribution is -2.41. The molecule has 1 saturated heterocycles. The minimum Gasteiger partial charge on any atom is -0.364 e. The van der Waals surface area contributed by atoms with Crippen LogP contribution in [0, 0.1) is 23.7 Å². The topological polar surface area (TPSA) is 6.48 Å². The van der Waals surface area contributed by atoms with Crippen molar-refractivity contribution in [3.05, 3.63) is 185 Å². The third-order valence-electron chi connectivity index (χ3n) is 14.9. The molecule has 282 valence electrons. The molecule has 2 aromatic rings. The van der Waals surface area contributed by atoms with E-state index < -0.39 is 0 Å². The van der Waals surface area contributed by atoms with E-state index in [2.05, 4.69) is 156 Å². The number of nitrogens with zero attached hydrogens (tertiary/aromatic N) is 2. The Bertz CT molecular complexity index is 2230. The molecule has 1 fully saturated rings. The lowest BCUT2D eigenvalue weighted by Gasteiger charge is -2.39. The van der Waals surface area contributed by atoms with Crippen LogP contribution in [-0.2, 0) is 0 Å². The molecule has 7 aliphatic carbocycles.